The van der Waals surface area contributed by atoms with Gasteiger partial charge in [-0.05, 0) is 25.7 Å². The Hall–Kier alpha value is 0.160. The summed E-state index contributed by atoms with van der Waals surface area (Å²) >= 11 is 5.24. The third-order valence-corrected chi connectivity index (χ3v) is 3.98. The molecule has 78 valence electrons. The summed E-state index contributed by atoms with van der Waals surface area (Å²) in [6.07, 6.45) is 2.52. The molecule has 6 heteroatoms. The molecule has 0 aromatic heterocycles. The van der Waals surface area contributed by atoms with Crippen molar-refractivity contribution < 1.29 is 13.5 Å². The summed E-state index contributed by atoms with van der Waals surface area (Å²) in [6, 6.07) is -0.146. The van der Waals surface area contributed by atoms with E-state index in [1.165, 1.54) is 0 Å². The van der Waals surface area contributed by atoms with Crippen LogP contribution in [0.15, 0.2) is 0 Å². The highest BCUT2D eigenvalue weighted by atomic mass is 35.5. The maximum absolute atomic E-state index is 11.0. The van der Waals surface area contributed by atoms with Gasteiger partial charge in [0.05, 0.1) is 6.10 Å². The molecule has 0 bridgehead atoms. The van der Waals surface area contributed by atoms with Crippen LogP contribution in [0.3, 0.4) is 0 Å². The molecule has 13 heavy (non-hydrogen) atoms. The van der Waals surface area contributed by atoms with E-state index < -0.39 is 15.2 Å². The first-order chi connectivity index (χ1) is 6.03. The van der Waals surface area contributed by atoms with Gasteiger partial charge in [-0.1, -0.05) is 0 Å². The lowest BCUT2D eigenvalue weighted by Gasteiger charge is -2.25. The molecule has 1 fully saturated rings. The Morgan fingerprint density at radius 1 is 1.46 bits per heavy atom. The van der Waals surface area contributed by atoms with Crippen molar-refractivity contribution in [3.63, 3.8) is 0 Å². The Balaban J connectivity index is 2.45. The molecule has 1 aliphatic carbocycles. The summed E-state index contributed by atoms with van der Waals surface area (Å²) in [4.78, 5) is 0. The van der Waals surface area contributed by atoms with E-state index >= 15 is 0 Å². The van der Waals surface area contributed by atoms with E-state index in [4.69, 9.17) is 11.6 Å². The summed E-state index contributed by atoms with van der Waals surface area (Å²) in [5.74, 6) is 0. The molecule has 0 saturated heterocycles. The Kier molecular flexibility index (Phi) is 3.97. The van der Waals surface area contributed by atoms with Crippen molar-refractivity contribution in [3.05, 3.63) is 0 Å². The molecule has 2 atom stereocenters. The zero-order chi connectivity index (χ0) is 9.90. The lowest BCUT2D eigenvalue weighted by Crippen LogP contribution is -2.40. The molecule has 0 heterocycles. The van der Waals surface area contributed by atoms with Crippen molar-refractivity contribution in [1.29, 1.82) is 0 Å². The minimum absolute atomic E-state index is 0.146. The molecule has 0 radical (unpaired) electrons. The van der Waals surface area contributed by atoms with E-state index in [1.54, 1.807) is 0 Å². The first kappa shape index (κ1) is 11.2. The Labute approximate surface area is 83.3 Å². The smallest absolute Gasteiger partial charge is 0.225 e. The molecule has 0 aromatic rings. The molecule has 1 saturated carbocycles. The molecular weight excluding hydrogens is 214 g/mol. The standard InChI is InChI=1S/C7H14ClNO3S/c8-5-13(11,12)9-6-2-1-3-7(10)4-6/h6-7,9-10H,1-5H2. The number of hydrogen-bond acceptors (Lipinski definition) is 3. The van der Waals surface area contributed by atoms with Crippen LogP contribution in [0.1, 0.15) is 25.7 Å². The second-order valence-electron chi connectivity index (χ2n) is 3.36. The number of aliphatic hydroxyl groups excluding tert-OH is 1. The maximum Gasteiger partial charge on any atom is 0.225 e. The largest absolute Gasteiger partial charge is 0.393 e. The first-order valence-electron chi connectivity index (χ1n) is 4.27. The van der Waals surface area contributed by atoms with Crippen LogP contribution < -0.4 is 4.72 Å². The van der Waals surface area contributed by atoms with Crippen LogP contribution in [0, 0.1) is 0 Å². The van der Waals surface area contributed by atoms with Crippen molar-refractivity contribution in [1.82, 2.24) is 4.72 Å². The van der Waals surface area contributed by atoms with Crippen molar-refractivity contribution >= 4 is 21.6 Å². The molecule has 2 N–H and O–H groups in total. The van der Waals surface area contributed by atoms with Gasteiger partial charge in [-0.3, -0.25) is 0 Å². The Bertz CT molecular complexity index is 254. The quantitative estimate of drug-likeness (QED) is 0.687. The summed E-state index contributed by atoms with van der Waals surface area (Å²) < 4.78 is 24.6. The summed E-state index contributed by atoms with van der Waals surface area (Å²) in [6.45, 7) is 0. The normalized spacial score (nSPS) is 30.3. The topological polar surface area (TPSA) is 66.4 Å². The third-order valence-electron chi connectivity index (χ3n) is 2.14. The van der Waals surface area contributed by atoms with Gasteiger partial charge >= 0.3 is 0 Å². The first-order valence-corrected chi connectivity index (χ1v) is 6.46. The third kappa shape index (κ3) is 3.81. The molecule has 1 rings (SSSR count). The van der Waals surface area contributed by atoms with Crippen LogP contribution in [-0.4, -0.2) is 30.9 Å². The van der Waals surface area contributed by atoms with Crippen LogP contribution in [0.4, 0.5) is 0 Å². The molecular formula is C7H14ClNO3S. The highest BCUT2D eigenvalue weighted by Gasteiger charge is 2.23. The van der Waals surface area contributed by atoms with E-state index in [-0.39, 0.29) is 12.1 Å². The Morgan fingerprint density at radius 3 is 2.69 bits per heavy atom. The fraction of sp³-hybridized carbons (Fsp3) is 1.00. The predicted octanol–water partition coefficient (Wildman–Crippen LogP) is 0.406. The lowest BCUT2D eigenvalue weighted by molar-refractivity contribution is 0.117. The number of rotatable bonds is 3. The van der Waals surface area contributed by atoms with Crippen molar-refractivity contribution in [2.24, 2.45) is 0 Å². The van der Waals surface area contributed by atoms with Crippen LogP contribution in [0.25, 0.3) is 0 Å². The van der Waals surface area contributed by atoms with Gasteiger partial charge in [-0.2, -0.15) is 0 Å². The zero-order valence-electron chi connectivity index (χ0n) is 7.24. The summed E-state index contributed by atoms with van der Waals surface area (Å²) in [7, 11) is -3.34. The van der Waals surface area contributed by atoms with Crippen LogP contribution in [-0.2, 0) is 10.0 Å². The lowest BCUT2D eigenvalue weighted by atomic mass is 9.94. The van der Waals surface area contributed by atoms with E-state index in [2.05, 4.69) is 4.72 Å². The van der Waals surface area contributed by atoms with Crippen LogP contribution in [0.5, 0.6) is 0 Å². The van der Waals surface area contributed by atoms with Crippen molar-refractivity contribution in [2.45, 2.75) is 37.8 Å². The second-order valence-corrected chi connectivity index (χ2v) is 5.70. The fourth-order valence-electron chi connectivity index (χ4n) is 1.56. The van der Waals surface area contributed by atoms with E-state index in [9.17, 15) is 13.5 Å². The van der Waals surface area contributed by atoms with E-state index in [1.807, 2.05) is 0 Å². The summed E-state index contributed by atoms with van der Waals surface area (Å²) in [5, 5.41) is 8.86. The van der Waals surface area contributed by atoms with Gasteiger partial charge in [0, 0.05) is 6.04 Å². The van der Waals surface area contributed by atoms with Gasteiger partial charge in [0.1, 0.15) is 5.21 Å². The number of hydrogen-bond donors (Lipinski definition) is 2. The monoisotopic (exact) mass is 227 g/mol. The zero-order valence-corrected chi connectivity index (χ0v) is 8.81. The highest BCUT2D eigenvalue weighted by molar-refractivity contribution is 7.90. The van der Waals surface area contributed by atoms with E-state index in [0.29, 0.717) is 6.42 Å². The number of nitrogens with one attached hydrogen (secondary N) is 1. The van der Waals surface area contributed by atoms with Crippen LogP contribution >= 0.6 is 11.6 Å². The number of alkyl halides is 1. The average Bonchev–Trinajstić information content (AvgIpc) is 2.03. The molecule has 0 aliphatic heterocycles. The number of sulfonamides is 1. The summed E-state index contributed by atoms with van der Waals surface area (Å²) in [5.41, 5.74) is 0. The number of aliphatic hydroxyl groups is 1. The van der Waals surface area contributed by atoms with Crippen molar-refractivity contribution in [3.8, 4) is 0 Å². The van der Waals surface area contributed by atoms with E-state index in [0.717, 1.165) is 19.3 Å². The molecule has 0 aromatic carbocycles. The second kappa shape index (κ2) is 4.59. The minimum atomic E-state index is -3.34. The van der Waals surface area contributed by atoms with Gasteiger partial charge in [-0.25, -0.2) is 13.1 Å². The fourth-order valence-corrected chi connectivity index (χ4v) is 2.53. The molecule has 0 amide bonds. The van der Waals surface area contributed by atoms with Gasteiger partial charge in [-0.15, -0.1) is 11.6 Å². The Morgan fingerprint density at radius 2 is 2.15 bits per heavy atom. The molecule has 4 nitrogen and oxygen atoms in total. The molecule has 2 unspecified atom stereocenters. The highest BCUT2D eigenvalue weighted by Crippen LogP contribution is 2.18. The minimum Gasteiger partial charge on any atom is -0.393 e. The van der Waals surface area contributed by atoms with Gasteiger partial charge in [0.15, 0.2) is 0 Å². The molecule has 0 spiro atoms. The van der Waals surface area contributed by atoms with Gasteiger partial charge < -0.3 is 5.11 Å². The van der Waals surface area contributed by atoms with Crippen molar-refractivity contribution in [2.75, 3.05) is 5.21 Å². The number of halogens is 1. The van der Waals surface area contributed by atoms with Gasteiger partial charge in [0.25, 0.3) is 0 Å². The average molecular weight is 228 g/mol. The SMILES string of the molecule is O=S(=O)(CCl)NC1CCCC(O)C1. The van der Waals surface area contributed by atoms with Gasteiger partial charge in [0.2, 0.25) is 10.0 Å². The predicted molar refractivity (Wildman–Crippen MR) is 51.0 cm³/mol. The molecule has 1 aliphatic rings. The maximum atomic E-state index is 11.0. The van der Waals surface area contributed by atoms with Crippen LogP contribution in [0.2, 0.25) is 0 Å².